The summed E-state index contributed by atoms with van der Waals surface area (Å²) in [6, 6.07) is 0. The third kappa shape index (κ3) is 34.2. The van der Waals surface area contributed by atoms with Crippen molar-refractivity contribution >= 4 is 34.8 Å². The Morgan fingerprint density at radius 1 is 0.390 bits per heavy atom. The topological polar surface area (TPSA) is 149 Å². The van der Waals surface area contributed by atoms with Crippen LogP contribution in [0.2, 0.25) is 0 Å². The number of carboxylic acid groups (broad SMARTS) is 4. The summed E-state index contributed by atoms with van der Waals surface area (Å²) in [4.78, 5) is 41.7. The van der Waals surface area contributed by atoms with E-state index in [4.69, 9.17) is 20.4 Å². The second-order valence-corrected chi connectivity index (χ2v) is 10.3. The molecule has 0 spiro atoms. The molecule has 0 aromatic carbocycles. The first kappa shape index (κ1) is 48.8. The SMILES string of the molecule is CCCCC(CC)C(=O)O.CCCCC(CC)C(=O)O.CCCCC(CC)C(=O)O.CCCCC(CC)C(=O)O.[SiH4]. The molecule has 4 N–H and O–H groups in total. The van der Waals surface area contributed by atoms with E-state index in [2.05, 4.69) is 27.7 Å². The molecule has 0 saturated carbocycles. The van der Waals surface area contributed by atoms with Crippen molar-refractivity contribution in [3.8, 4) is 0 Å². The Morgan fingerprint density at radius 2 is 0.537 bits per heavy atom. The first-order valence-electron chi connectivity index (χ1n) is 15.8. The number of unbranched alkanes of at least 4 members (excludes halogenated alkanes) is 4. The number of hydrogen-bond donors (Lipinski definition) is 4. The molecule has 0 aliphatic heterocycles. The van der Waals surface area contributed by atoms with Gasteiger partial charge >= 0.3 is 23.9 Å². The predicted molar refractivity (Wildman–Crippen MR) is 175 cm³/mol. The molecule has 0 aliphatic carbocycles. The molecule has 248 valence electrons. The molecule has 9 heteroatoms. The van der Waals surface area contributed by atoms with Crippen LogP contribution < -0.4 is 0 Å². The highest BCUT2D eigenvalue weighted by atomic mass is 28.1. The summed E-state index contributed by atoms with van der Waals surface area (Å²) in [6.07, 6.45) is 14.9. The monoisotopic (exact) mass is 608 g/mol. The summed E-state index contributed by atoms with van der Waals surface area (Å²) in [5.41, 5.74) is 0. The zero-order valence-electron chi connectivity index (χ0n) is 27.0. The molecule has 4 unspecified atom stereocenters. The van der Waals surface area contributed by atoms with Crippen LogP contribution in [0.4, 0.5) is 0 Å². The van der Waals surface area contributed by atoms with Gasteiger partial charge in [-0.1, -0.05) is 107 Å². The van der Waals surface area contributed by atoms with Gasteiger partial charge < -0.3 is 20.4 Å². The van der Waals surface area contributed by atoms with Gasteiger partial charge in [-0.2, -0.15) is 0 Å². The maximum absolute atomic E-state index is 10.4. The molecule has 41 heavy (non-hydrogen) atoms. The maximum Gasteiger partial charge on any atom is 0.306 e. The van der Waals surface area contributed by atoms with E-state index in [1.54, 1.807) is 0 Å². The molecule has 0 saturated heterocycles. The van der Waals surface area contributed by atoms with Gasteiger partial charge in [-0.15, -0.1) is 0 Å². The molecule has 0 amide bonds. The van der Waals surface area contributed by atoms with Crippen LogP contribution in [0.15, 0.2) is 0 Å². The van der Waals surface area contributed by atoms with Crippen molar-refractivity contribution < 1.29 is 39.6 Å². The van der Waals surface area contributed by atoms with Crippen LogP contribution in [-0.2, 0) is 19.2 Å². The Labute approximate surface area is 256 Å². The highest BCUT2D eigenvalue weighted by molar-refractivity contribution is 5.75. The molecular weight excluding hydrogens is 540 g/mol. The summed E-state index contributed by atoms with van der Waals surface area (Å²) in [5, 5.41) is 34.4. The molecule has 0 aliphatic rings. The minimum absolute atomic E-state index is 0. The van der Waals surface area contributed by atoms with Gasteiger partial charge in [0.05, 0.1) is 23.7 Å². The first-order chi connectivity index (χ1) is 18.9. The Kier molecular flexibility index (Phi) is 43.0. The van der Waals surface area contributed by atoms with E-state index in [0.29, 0.717) is 0 Å². The number of hydrogen-bond acceptors (Lipinski definition) is 4. The van der Waals surface area contributed by atoms with Crippen molar-refractivity contribution in [1.82, 2.24) is 0 Å². The van der Waals surface area contributed by atoms with Crippen LogP contribution >= 0.6 is 0 Å². The Bertz CT molecular complexity index is 509. The van der Waals surface area contributed by atoms with E-state index in [0.717, 1.165) is 103 Å². The minimum atomic E-state index is -0.643. The third-order valence-corrected chi connectivity index (χ3v) is 6.99. The Morgan fingerprint density at radius 3 is 0.610 bits per heavy atom. The van der Waals surface area contributed by atoms with Gasteiger partial charge in [-0.3, -0.25) is 19.2 Å². The Hall–Kier alpha value is -1.90. The zero-order chi connectivity index (χ0) is 31.9. The fourth-order valence-electron chi connectivity index (χ4n) is 3.81. The van der Waals surface area contributed by atoms with Crippen molar-refractivity contribution in [2.45, 2.75) is 158 Å². The van der Waals surface area contributed by atoms with Gasteiger partial charge in [0, 0.05) is 0 Å². The molecule has 0 aromatic heterocycles. The lowest BCUT2D eigenvalue weighted by molar-refractivity contribution is -0.143. The highest BCUT2D eigenvalue weighted by Crippen LogP contribution is 2.14. The van der Waals surface area contributed by atoms with Gasteiger partial charge in [0.2, 0.25) is 0 Å². The molecule has 0 aromatic rings. The molecule has 0 radical (unpaired) electrons. The number of carboxylic acids is 4. The van der Waals surface area contributed by atoms with Crippen molar-refractivity contribution in [2.24, 2.45) is 23.7 Å². The normalized spacial score (nSPS) is 12.7. The molecule has 4 atom stereocenters. The van der Waals surface area contributed by atoms with Gasteiger partial charge in [0.1, 0.15) is 0 Å². The van der Waals surface area contributed by atoms with Gasteiger partial charge in [-0.05, 0) is 62.3 Å². The van der Waals surface area contributed by atoms with Gasteiger partial charge in [-0.25, -0.2) is 0 Å². The van der Waals surface area contributed by atoms with E-state index >= 15 is 0 Å². The van der Waals surface area contributed by atoms with Crippen LogP contribution in [-0.4, -0.2) is 55.3 Å². The molecule has 8 nitrogen and oxygen atoms in total. The molecule has 0 fully saturated rings. The summed E-state index contributed by atoms with van der Waals surface area (Å²) in [7, 11) is 0. The quantitative estimate of drug-likeness (QED) is 0.103. The van der Waals surface area contributed by atoms with Crippen molar-refractivity contribution in [3.05, 3.63) is 0 Å². The van der Waals surface area contributed by atoms with E-state index in [1.807, 2.05) is 27.7 Å². The van der Waals surface area contributed by atoms with Crippen LogP contribution in [0.25, 0.3) is 0 Å². The fourth-order valence-corrected chi connectivity index (χ4v) is 3.81. The average Bonchev–Trinajstić information content (AvgIpc) is 2.91. The summed E-state index contributed by atoms with van der Waals surface area (Å²) in [5.74, 6) is -3.02. The van der Waals surface area contributed by atoms with E-state index < -0.39 is 23.9 Å². The van der Waals surface area contributed by atoms with Crippen LogP contribution in [0.3, 0.4) is 0 Å². The second kappa shape index (κ2) is 36.1. The zero-order valence-corrected chi connectivity index (χ0v) is 27.0. The van der Waals surface area contributed by atoms with Gasteiger partial charge in [0.25, 0.3) is 0 Å². The van der Waals surface area contributed by atoms with Crippen molar-refractivity contribution in [3.63, 3.8) is 0 Å². The third-order valence-electron chi connectivity index (χ3n) is 6.99. The molecule has 0 heterocycles. The predicted octanol–water partition coefficient (Wildman–Crippen LogP) is 7.70. The summed E-state index contributed by atoms with van der Waals surface area (Å²) >= 11 is 0. The van der Waals surface area contributed by atoms with Crippen molar-refractivity contribution in [2.75, 3.05) is 0 Å². The summed E-state index contributed by atoms with van der Waals surface area (Å²) < 4.78 is 0. The number of aliphatic carboxylic acids is 4. The minimum Gasteiger partial charge on any atom is -0.481 e. The lowest BCUT2D eigenvalue weighted by Crippen LogP contribution is -2.11. The smallest absolute Gasteiger partial charge is 0.306 e. The van der Waals surface area contributed by atoms with E-state index in [1.165, 1.54) is 0 Å². The maximum atomic E-state index is 10.4. The lowest BCUT2D eigenvalue weighted by Gasteiger charge is -2.06. The number of carbonyl (C=O) groups is 4. The average molecular weight is 609 g/mol. The fraction of sp³-hybridized carbons (Fsp3) is 0.875. The van der Waals surface area contributed by atoms with E-state index in [9.17, 15) is 19.2 Å². The number of rotatable bonds is 20. The molecule has 0 rings (SSSR count). The van der Waals surface area contributed by atoms with Gasteiger partial charge in [0.15, 0.2) is 0 Å². The highest BCUT2D eigenvalue weighted by Gasteiger charge is 2.15. The van der Waals surface area contributed by atoms with Crippen LogP contribution in [0.1, 0.15) is 158 Å². The molecular formula is C32H68O8Si. The Balaban J connectivity index is -0.000000139. The summed E-state index contributed by atoms with van der Waals surface area (Å²) in [6.45, 7) is 16.0. The van der Waals surface area contributed by atoms with Crippen LogP contribution in [0, 0.1) is 23.7 Å². The van der Waals surface area contributed by atoms with Crippen LogP contribution in [0.5, 0.6) is 0 Å². The largest absolute Gasteiger partial charge is 0.481 e. The van der Waals surface area contributed by atoms with Crippen molar-refractivity contribution in [1.29, 1.82) is 0 Å². The first-order valence-corrected chi connectivity index (χ1v) is 15.8. The lowest BCUT2D eigenvalue weighted by atomic mass is 10.00. The standard InChI is InChI=1S/4C8H16O2.H4Si/c4*1-3-5-6-7(4-2)8(9)10;/h4*7H,3-6H2,1-2H3,(H,9,10);1H4. The molecule has 0 bridgehead atoms. The van der Waals surface area contributed by atoms with E-state index in [-0.39, 0.29) is 34.6 Å². The second-order valence-electron chi connectivity index (χ2n) is 10.3.